The van der Waals surface area contributed by atoms with E-state index in [0.29, 0.717) is 57.6 Å². The van der Waals surface area contributed by atoms with Crippen molar-refractivity contribution in [1.82, 2.24) is 14.7 Å². The fourth-order valence-corrected chi connectivity index (χ4v) is 7.91. The Balaban J connectivity index is 1.44. The lowest BCUT2D eigenvalue weighted by atomic mass is 9.85. The van der Waals surface area contributed by atoms with Gasteiger partial charge in [0.15, 0.2) is 6.23 Å². The molecule has 0 saturated carbocycles. The van der Waals surface area contributed by atoms with E-state index >= 15 is 0 Å². The van der Waals surface area contributed by atoms with Crippen molar-refractivity contribution in [1.29, 1.82) is 0 Å². The Morgan fingerprint density at radius 1 is 0.629 bits per heavy atom. The molecule has 2 aromatic rings. The maximum atomic E-state index is 13.7. The van der Waals surface area contributed by atoms with E-state index in [1.165, 1.54) is 4.90 Å². The average molecular weight is 885 g/mol. The second-order valence-electron chi connectivity index (χ2n) is 20.7. The minimum atomic E-state index is -0.756. The van der Waals surface area contributed by atoms with Crippen LogP contribution in [0.1, 0.15) is 120 Å². The molecule has 2 aliphatic heterocycles. The minimum Gasteiger partial charge on any atom is -0.471 e. The lowest BCUT2D eigenvalue weighted by molar-refractivity contribution is -0.163. The van der Waals surface area contributed by atoms with Crippen molar-refractivity contribution < 1.29 is 47.7 Å². The Labute approximate surface area is 374 Å². The quantitative estimate of drug-likeness (QED) is 0.0628. The van der Waals surface area contributed by atoms with Crippen LogP contribution >= 0.6 is 11.6 Å². The Bertz CT molecular complexity index is 1870. The maximum absolute atomic E-state index is 13.7. The number of hydrogen-bond acceptors (Lipinski definition) is 10. The maximum Gasteiger partial charge on any atom is 0.410 e. The summed E-state index contributed by atoms with van der Waals surface area (Å²) in [6, 6.07) is 15.0. The van der Waals surface area contributed by atoms with Gasteiger partial charge in [-0.05, 0) is 168 Å². The molecule has 0 bridgehead atoms. The summed E-state index contributed by atoms with van der Waals surface area (Å²) in [5, 5.41) is -0.698. The van der Waals surface area contributed by atoms with Crippen LogP contribution in [0, 0.1) is 23.7 Å². The molecule has 2 heterocycles. The first kappa shape index (κ1) is 50.1. The molecular weight excluding hydrogens is 814 g/mol. The molecule has 0 aliphatic carbocycles. The number of halogens is 1. The zero-order chi connectivity index (χ0) is 46.4. The third kappa shape index (κ3) is 16.0. The first-order chi connectivity index (χ1) is 28.6. The molecular formula is C48H70ClN3O10. The number of esters is 2. The molecule has 2 fully saturated rings. The smallest absolute Gasteiger partial charge is 0.410 e. The van der Waals surface area contributed by atoms with Crippen LogP contribution in [0.15, 0.2) is 48.5 Å². The van der Waals surface area contributed by atoms with Gasteiger partial charge in [0.25, 0.3) is 0 Å². The summed E-state index contributed by atoms with van der Waals surface area (Å²) in [6.07, 6.45) is 0.505. The Hall–Kier alpha value is -4.52. The van der Waals surface area contributed by atoms with Gasteiger partial charge in [-0.1, -0.05) is 36.4 Å². The second kappa shape index (κ2) is 20.3. The first-order valence-corrected chi connectivity index (χ1v) is 22.1. The largest absolute Gasteiger partial charge is 0.471 e. The molecule has 2 saturated heterocycles. The van der Waals surface area contributed by atoms with E-state index in [9.17, 15) is 24.0 Å². The molecule has 62 heavy (non-hydrogen) atoms. The van der Waals surface area contributed by atoms with Gasteiger partial charge in [0.1, 0.15) is 28.2 Å². The van der Waals surface area contributed by atoms with Crippen LogP contribution in [0.2, 0.25) is 0 Å². The van der Waals surface area contributed by atoms with Gasteiger partial charge in [0.2, 0.25) is 0 Å². The molecule has 0 aromatic heterocycles. The van der Waals surface area contributed by atoms with Crippen molar-refractivity contribution in [3.05, 3.63) is 65.2 Å². The van der Waals surface area contributed by atoms with Crippen LogP contribution in [0.4, 0.5) is 14.4 Å². The molecule has 0 N–H and O–H groups in total. The van der Waals surface area contributed by atoms with Crippen LogP contribution in [-0.4, -0.2) is 99.0 Å². The van der Waals surface area contributed by atoms with E-state index in [2.05, 4.69) is 0 Å². The highest BCUT2D eigenvalue weighted by atomic mass is 35.5. The van der Waals surface area contributed by atoms with E-state index in [1.54, 1.807) is 28.9 Å². The van der Waals surface area contributed by atoms with Crippen LogP contribution in [0.25, 0.3) is 0 Å². The van der Waals surface area contributed by atoms with Crippen molar-refractivity contribution in [2.45, 2.75) is 151 Å². The number of amides is 3. The van der Waals surface area contributed by atoms with Crippen LogP contribution in [0.3, 0.4) is 0 Å². The fourth-order valence-electron chi connectivity index (χ4n) is 7.71. The van der Waals surface area contributed by atoms with Crippen molar-refractivity contribution in [2.75, 3.05) is 26.2 Å². The molecule has 0 spiro atoms. The SMILES string of the molecule is C[C@H](Oc1ccc(C[C@H](C(=O)OC(C)(C)C)[C@H]2CCN(C(=O)OC(C)(C)C)C2)cc1)N(Cc1cccc(C[C@H](C(=O)OC(C)(C)C)[C@H]2CCN(C(=O)OC(C)(C)C)C2)c1)C(=O)Cl. The van der Waals surface area contributed by atoms with Gasteiger partial charge < -0.3 is 33.5 Å². The number of carbonyl (C=O) groups excluding carboxylic acids is 5. The third-order valence-corrected chi connectivity index (χ3v) is 10.7. The molecule has 3 amide bonds. The standard InChI is InChI=1S/C48H70ClN3O10/c1-31(58-37-19-17-32(18-20-37)26-38(40(53)59-45(2,3)4)35-21-23-50(29-35)43(56)61-47(8,9)10)52(42(49)55)28-34-16-14-15-33(25-34)27-39(41(54)60-46(5,6)7)36-22-24-51(30-36)44(57)62-48(11,12)13/h14-20,25,31,35-36,38-39H,21-24,26-30H2,1-13H3/t31-,35-,36-,38-,39-/m0/s1. The monoisotopic (exact) mass is 883 g/mol. The lowest BCUT2D eigenvalue weighted by Crippen LogP contribution is -2.38. The molecule has 13 nitrogen and oxygen atoms in total. The summed E-state index contributed by atoms with van der Waals surface area (Å²) in [4.78, 5) is 70.5. The van der Waals surface area contributed by atoms with Gasteiger partial charge in [-0.15, -0.1) is 0 Å². The molecule has 2 aromatic carbocycles. The van der Waals surface area contributed by atoms with E-state index in [4.69, 9.17) is 35.3 Å². The topological polar surface area (TPSA) is 141 Å². The number of rotatable bonds is 13. The van der Waals surface area contributed by atoms with Crippen LogP contribution in [0.5, 0.6) is 5.75 Å². The first-order valence-electron chi connectivity index (χ1n) is 21.8. The summed E-state index contributed by atoms with van der Waals surface area (Å²) in [6.45, 7) is 25.6. The number of likely N-dealkylation sites (tertiary alicyclic amines) is 2. The van der Waals surface area contributed by atoms with Crippen molar-refractivity contribution >= 4 is 41.1 Å². The van der Waals surface area contributed by atoms with E-state index in [0.717, 1.165) is 16.7 Å². The molecule has 5 atom stereocenters. The summed E-state index contributed by atoms with van der Waals surface area (Å²) in [7, 11) is 0. The van der Waals surface area contributed by atoms with Gasteiger partial charge >= 0.3 is 29.5 Å². The summed E-state index contributed by atoms with van der Waals surface area (Å²) in [5.74, 6) is -1.40. The molecule has 0 radical (unpaired) electrons. The Kier molecular flexibility index (Phi) is 16.4. The number of nitrogens with zero attached hydrogens (tertiary/aromatic N) is 3. The predicted molar refractivity (Wildman–Crippen MR) is 238 cm³/mol. The van der Waals surface area contributed by atoms with E-state index < -0.39 is 58.0 Å². The van der Waals surface area contributed by atoms with Crippen LogP contribution in [-0.2, 0) is 47.9 Å². The number of carbonyl (C=O) groups is 5. The zero-order valence-corrected chi connectivity index (χ0v) is 39.9. The van der Waals surface area contributed by atoms with Crippen molar-refractivity contribution in [2.24, 2.45) is 23.7 Å². The molecule has 14 heteroatoms. The van der Waals surface area contributed by atoms with Gasteiger partial charge in [-0.2, -0.15) is 0 Å². The van der Waals surface area contributed by atoms with E-state index in [1.807, 2.05) is 119 Å². The predicted octanol–water partition coefficient (Wildman–Crippen LogP) is 9.79. The summed E-state index contributed by atoms with van der Waals surface area (Å²) < 4.78 is 29.2. The fraction of sp³-hybridized carbons (Fsp3) is 0.646. The normalized spacial score (nSPS) is 18.7. The highest BCUT2D eigenvalue weighted by Gasteiger charge is 2.41. The van der Waals surface area contributed by atoms with Gasteiger partial charge in [0, 0.05) is 26.2 Å². The van der Waals surface area contributed by atoms with Gasteiger partial charge in [0.05, 0.1) is 18.4 Å². The molecule has 2 aliphatic rings. The minimum absolute atomic E-state index is 0.115. The number of benzene rings is 2. The van der Waals surface area contributed by atoms with Gasteiger partial charge in [-0.25, -0.2) is 9.59 Å². The van der Waals surface area contributed by atoms with Crippen molar-refractivity contribution in [3.63, 3.8) is 0 Å². The Morgan fingerprint density at radius 3 is 1.47 bits per heavy atom. The van der Waals surface area contributed by atoms with Crippen LogP contribution < -0.4 is 4.74 Å². The lowest BCUT2D eigenvalue weighted by Gasteiger charge is -2.29. The number of hydrogen-bond donors (Lipinski definition) is 0. The molecule has 0 unspecified atom stereocenters. The van der Waals surface area contributed by atoms with E-state index in [-0.39, 0.29) is 30.3 Å². The van der Waals surface area contributed by atoms with Crippen molar-refractivity contribution in [3.8, 4) is 5.75 Å². The summed E-state index contributed by atoms with van der Waals surface area (Å²) >= 11 is 6.16. The average Bonchev–Trinajstić information content (AvgIpc) is 3.81. The molecule has 344 valence electrons. The summed E-state index contributed by atoms with van der Waals surface area (Å²) in [5.41, 5.74) is -0.0723. The zero-order valence-electron chi connectivity index (χ0n) is 39.2. The third-order valence-electron chi connectivity index (χ3n) is 10.5. The Morgan fingerprint density at radius 2 is 1.05 bits per heavy atom. The highest BCUT2D eigenvalue weighted by Crippen LogP contribution is 2.33. The second-order valence-corrected chi connectivity index (χ2v) is 21.0. The van der Waals surface area contributed by atoms with Gasteiger partial charge in [-0.3, -0.25) is 19.3 Å². The number of ether oxygens (including phenoxy) is 5. The highest BCUT2D eigenvalue weighted by molar-refractivity contribution is 6.62. The molecule has 4 rings (SSSR count).